The van der Waals surface area contributed by atoms with Gasteiger partial charge in [-0.15, -0.1) is 0 Å². The summed E-state index contributed by atoms with van der Waals surface area (Å²) in [6, 6.07) is 10.5. The molecule has 2 rings (SSSR count). The number of carbonyl (C=O) groups is 3. The van der Waals surface area contributed by atoms with Crippen LogP contribution in [0, 0.1) is 13.8 Å². The van der Waals surface area contributed by atoms with E-state index in [2.05, 4.69) is 10.6 Å². The Morgan fingerprint density at radius 1 is 1.05 bits per heavy atom. The van der Waals surface area contributed by atoms with Gasteiger partial charge < -0.3 is 30.1 Å². The number of aryl methyl sites for hydroxylation is 2. The number of benzene rings is 2. The first-order valence-corrected chi connectivity index (χ1v) is 14.2. The maximum absolute atomic E-state index is 14.0. The van der Waals surface area contributed by atoms with Gasteiger partial charge in [0.2, 0.25) is 5.91 Å². The number of ether oxygens (including phenoxy) is 2. The number of thioether (sulfide) groups is 1. The zero-order chi connectivity index (χ0) is 29.2. The molecule has 2 unspecified atom stereocenters. The van der Waals surface area contributed by atoms with Gasteiger partial charge in [-0.1, -0.05) is 29.3 Å². The van der Waals surface area contributed by atoms with Crippen LogP contribution in [0.3, 0.4) is 0 Å². The Kier molecular flexibility index (Phi) is 12.1. The minimum absolute atomic E-state index is 0.113. The van der Waals surface area contributed by atoms with Crippen LogP contribution in [-0.2, 0) is 14.3 Å². The first kappa shape index (κ1) is 32.0. The molecule has 0 saturated carbocycles. The molecule has 3 N–H and O–H groups in total. The quantitative estimate of drug-likeness (QED) is 0.352. The summed E-state index contributed by atoms with van der Waals surface area (Å²) < 4.78 is 10.6. The van der Waals surface area contributed by atoms with E-state index in [4.69, 9.17) is 9.47 Å². The van der Waals surface area contributed by atoms with Gasteiger partial charge in [-0.25, -0.2) is 4.79 Å². The molecule has 2 aromatic carbocycles. The minimum Gasteiger partial charge on any atom is -0.497 e. The molecule has 39 heavy (non-hydrogen) atoms. The van der Waals surface area contributed by atoms with E-state index in [1.807, 2.05) is 38.3 Å². The van der Waals surface area contributed by atoms with E-state index >= 15 is 0 Å². The fraction of sp³-hybridized carbons (Fsp3) is 0.483. The smallest absolute Gasteiger partial charge is 0.408 e. The van der Waals surface area contributed by atoms with Crippen molar-refractivity contribution in [1.82, 2.24) is 10.2 Å². The summed E-state index contributed by atoms with van der Waals surface area (Å²) in [4.78, 5) is 41.8. The number of anilines is 1. The molecule has 0 aliphatic rings. The number of methoxy groups -OCH3 is 1. The number of hydrogen-bond donors (Lipinski definition) is 3. The van der Waals surface area contributed by atoms with E-state index in [-0.39, 0.29) is 13.2 Å². The summed E-state index contributed by atoms with van der Waals surface area (Å²) in [6.07, 6.45) is 1.50. The summed E-state index contributed by atoms with van der Waals surface area (Å²) in [5, 5.41) is 15.5. The Morgan fingerprint density at radius 3 is 2.18 bits per heavy atom. The molecule has 0 saturated heterocycles. The normalized spacial score (nSPS) is 12.7. The van der Waals surface area contributed by atoms with E-state index in [1.54, 1.807) is 52.1 Å². The van der Waals surface area contributed by atoms with Crippen LogP contribution in [0.5, 0.6) is 5.75 Å². The Hall–Kier alpha value is -3.24. The van der Waals surface area contributed by atoms with Crippen molar-refractivity contribution >= 4 is 35.4 Å². The van der Waals surface area contributed by atoms with Gasteiger partial charge in [-0.2, -0.15) is 11.8 Å². The van der Waals surface area contributed by atoms with Gasteiger partial charge in [0, 0.05) is 12.2 Å². The standard InChI is InChI=1S/C29H41N3O6S/c1-19-16-20(2)18-21(17-19)25(26(34)30-22-8-10-23(37-6)11-9-22)32(13-14-33)27(35)24(12-15-39-7)31-28(36)38-29(3,4)5/h8-11,16-18,24-25,33H,12-15H2,1-7H3,(H,30,34)(H,31,36). The van der Waals surface area contributed by atoms with Gasteiger partial charge >= 0.3 is 6.09 Å². The average Bonchev–Trinajstić information content (AvgIpc) is 2.84. The highest BCUT2D eigenvalue weighted by molar-refractivity contribution is 7.98. The van der Waals surface area contributed by atoms with E-state index in [1.165, 1.54) is 16.7 Å². The van der Waals surface area contributed by atoms with Crippen LogP contribution in [0.2, 0.25) is 0 Å². The fourth-order valence-corrected chi connectivity index (χ4v) is 4.61. The summed E-state index contributed by atoms with van der Waals surface area (Å²) in [5.74, 6) is 0.289. The summed E-state index contributed by atoms with van der Waals surface area (Å²) in [7, 11) is 1.56. The van der Waals surface area contributed by atoms with E-state index < -0.39 is 35.6 Å². The first-order chi connectivity index (χ1) is 18.4. The number of hydrogen-bond acceptors (Lipinski definition) is 7. The van der Waals surface area contributed by atoms with E-state index in [9.17, 15) is 19.5 Å². The third kappa shape index (κ3) is 10.1. The Labute approximate surface area is 235 Å². The Balaban J connectivity index is 2.51. The van der Waals surface area contributed by atoms with Crippen LogP contribution in [-0.4, -0.2) is 71.8 Å². The number of aliphatic hydroxyl groups is 1. The van der Waals surface area contributed by atoms with Crippen LogP contribution in [0.1, 0.15) is 49.9 Å². The van der Waals surface area contributed by atoms with Crippen LogP contribution in [0.15, 0.2) is 42.5 Å². The number of rotatable bonds is 12. The Morgan fingerprint density at radius 2 is 1.67 bits per heavy atom. The van der Waals surface area contributed by atoms with Crippen LogP contribution in [0.25, 0.3) is 0 Å². The third-order valence-corrected chi connectivity index (χ3v) is 6.34. The van der Waals surface area contributed by atoms with Crippen LogP contribution < -0.4 is 15.4 Å². The molecule has 3 amide bonds. The van der Waals surface area contributed by atoms with Gasteiger partial charge in [0.25, 0.3) is 5.91 Å². The van der Waals surface area contributed by atoms with Crippen molar-refractivity contribution in [2.75, 3.05) is 37.6 Å². The van der Waals surface area contributed by atoms with Crippen molar-refractivity contribution in [3.8, 4) is 5.75 Å². The molecule has 0 fully saturated rings. The molecule has 2 atom stereocenters. The third-order valence-electron chi connectivity index (χ3n) is 5.70. The van der Waals surface area contributed by atoms with Crippen LogP contribution >= 0.6 is 11.8 Å². The van der Waals surface area contributed by atoms with Crippen molar-refractivity contribution < 1.29 is 29.0 Å². The van der Waals surface area contributed by atoms with Crippen molar-refractivity contribution in [3.05, 3.63) is 59.2 Å². The summed E-state index contributed by atoms with van der Waals surface area (Å²) in [6.45, 7) is 8.56. The molecular formula is C29H41N3O6S. The molecule has 0 aliphatic heterocycles. The zero-order valence-corrected chi connectivity index (χ0v) is 24.7. The van der Waals surface area contributed by atoms with Gasteiger partial charge in [0.15, 0.2) is 0 Å². The maximum atomic E-state index is 14.0. The molecule has 214 valence electrons. The second-order valence-corrected chi connectivity index (χ2v) is 11.3. The lowest BCUT2D eigenvalue weighted by Crippen LogP contribution is -2.53. The van der Waals surface area contributed by atoms with E-state index in [0.717, 1.165) is 11.1 Å². The molecule has 0 heterocycles. The topological polar surface area (TPSA) is 117 Å². The molecular weight excluding hydrogens is 518 g/mol. The zero-order valence-electron chi connectivity index (χ0n) is 23.9. The number of aliphatic hydroxyl groups excluding tert-OH is 1. The summed E-state index contributed by atoms with van der Waals surface area (Å²) >= 11 is 1.53. The first-order valence-electron chi connectivity index (χ1n) is 12.8. The number of nitrogens with one attached hydrogen (secondary N) is 2. The lowest BCUT2D eigenvalue weighted by atomic mass is 9.98. The Bertz CT molecular complexity index is 1100. The largest absolute Gasteiger partial charge is 0.497 e. The monoisotopic (exact) mass is 559 g/mol. The highest BCUT2D eigenvalue weighted by Gasteiger charge is 2.36. The number of alkyl carbamates (subject to hydrolysis) is 1. The molecule has 0 aliphatic carbocycles. The van der Waals surface area contributed by atoms with Crippen molar-refractivity contribution in [3.63, 3.8) is 0 Å². The average molecular weight is 560 g/mol. The predicted octanol–water partition coefficient (Wildman–Crippen LogP) is 4.46. The maximum Gasteiger partial charge on any atom is 0.408 e. The van der Waals surface area contributed by atoms with Crippen LogP contribution in [0.4, 0.5) is 10.5 Å². The molecule has 0 spiro atoms. The summed E-state index contributed by atoms with van der Waals surface area (Å²) in [5.41, 5.74) is 2.23. The number of carbonyl (C=O) groups excluding carboxylic acids is 3. The highest BCUT2D eigenvalue weighted by atomic mass is 32.2. The van der Waals surface area contributed by atoms with Crippen molar-refractivity contribution in [1.29, 1.82) is 0 Å². The lowest BCUT2D eigenvalue weighted by Gasteiger charge is -2.34. The number of nitrogens with zero attached hydrogens (tertiary/aromatic N) is 1. The minimum atomic E-state index is -1.07. The van der Waals surface area contributed by atoms with E-state index in [0.29, 0.717) is 29.2 Å². The second-order valence-electron chi connectivity index (χ2n) is 10.3. The molecule has 0 aromatic heterocycles. The van der Waals surface area contributed by atoms with Gasteiger partial charge in [0.05, 0.1) is 13.7 Å². The lowest BCUT2D eigenvalue weighted by molar-refractivity contribution is -0.141. The molecule has 10 heteroatoms. The van der Waals surface area contributed by atoms with Gasteiger partial charge in [-0.3, -0.25) is 9.59 Å². The SMILES string of the molecule is COc1ccc(NC(=O)C(c2cc(C)cc(C)c2)N(CCO)C(=O)C(CCSC)NC(=O)OC(C)(C)C)cc1. The molecule has 0 bridgehead atoms. The van der Waals surface area contributed by atoms with Gasteiger partial charge in [-0.05, 0) is 82.9 Å². The highest BCUT2D eigenvalue weighted by Crippen LogP contribution is 2.27. The van der Waals surface area contributed by atoms with Crippen molar-refractivity contribution in [2.45, 2.75) is 58.7 Å². The van der Waals surface area contributed by atoms with Crippen molar-refractivity contribution in [2.24, 2.45) is 0 Å². The second kappa shape index (κ2) is 14.8. The van der Waals surface area contributed by atoms with Gasteiger partial charge in [0.1, 0.15) is 23.4 Å². The predicted molar refractivity (Wildman–Crippen MR) is 155 cm³/mol. The molecule has 9 nitrogen and oxygen atoms in total. The molecule has 2 aromatic rings. The fourth-order valence-electron chi connectivity index (χ4n) is 4.14. The molecule has 0 radical (unpaired) electrons. The number of amides is 3.